The fourth-order valence-electron chi connectivity index (χ4n) is 6.80. The van der Waals surface area contributed by atoms with E-state index in [1.165, 1.54) is 12.0 Å². The molecule has 1 aromatic rings. The van der Waals surface area contributed by atoms with E-state index in [2.05, 4.69) is 5.32 Å². The molecule has 5 bridgehead atoms. The van der Waals surface area contributed by atoms with Crippen LogP contribution in [0, 0.1) is 11.8 Å². The molecular weight excluding hydrogens is 554 g/mol. The molecular formula is C32H41N3O8. The molecule has 0 radical (unpaired) electrons. The third-order valence-corrected chi connectivity index (χ3v) is 8.77. The average molecular weight is 596 g/mol. The first-order valence-electron chi connectivity index (χ1n) is 15.1. The summed E-state index contributed by atoms with van der Waals surface area (Å²) in [5.41, 5.74) is -0.702. The van der Waals surface area contributed by atoms with Gasteiger partial charge in [0, 0.05) is 33.2 Å². The van der Waals surface area contributed by atoms with Gasteiger partial charge in [0.1, 0.15) is 23.7 Å². The molecule has 43 heavy (non-hydrogen) atoms. The van der Waals surface area contributed by atoms with Crippen molar-refractivity contribution in [2.75, 3.05) is 40.0 Å². The largest absolute Gasteiger partial charge is 0.455 e. The molecule has 2 fully saturated rings. The standard InChI is InChI=1S/C32H41N3O8/c1-3-4-16-34-17-10-6-9-13-24(37)33-22(20-41-2)27(21-11-7-5-8-12-21)42-31(40)25-23-14-15-32(43-23)26(25)29(38)35(18-19-36)28(32)30(34)39/h5-8,10-12,14-15,22-23,25-28,36H,3-4,9,13,16-20H2,1-2H3,(H,33,37)/b10-6-/t22-,23+,25-,26-,27-,28+,32-/m1/s1. The van der Waals surface area contributed by atoms with E-state index in [1.807, 2.05) is 37.3 Å². The number of carbonyl (C=O) groups excluding carboxylic acids is 4. The number of β-amino-alcohol motifs (C(OH)–C–C–N with tert-alkyl or cyclic N) is 1. The molecule has 0 aromatic heterocycles. The van der Waals surface area contributed by atoms with Crippen LogP contribution in [0.25, 0.3) is 0 Å². The van der Waals surface area contributed by atoms with E-state index in [-0.39, 0.29) is 38.0 Å². The number of esters is 1. The lowest BCUT2D eigenvalue weighted by Crippen LogP contribution is -2.56. The van der Waals surface area contributed by atoms with E-state index in [0.717, 1.165) is 12.8 Å². The molecule has 0 unspecified atom stereocenters. The van der Waals surface area contributed by atoms with Crippen LogP contribution in [0.5, 0.6) is 0 Å². The van der Waals surface area contributed by atoms with Crippen molar-refractivity contribution in [2.45, 2.75) is 62.5 Å². The number of unbranched alkanes of at least 4 members (excludes halogenated alkanes) is 1. The van der Waals surface area contributed by atoms with Crippen LogP contribution >= 0.6 is 0 Å². The summed E-state index contributed by atoms with van der Waals surface area (Å²) in [7, 11) is 1.51. The molecule has 0 saturated carbocycles. The molecule has 2 N–H and O–H groups in total. The van der Waals surface area contributed by atoms with E-state index < -0.39 is 53.6 Å². The average Bonchev–Trinajstić information content (AvgIpc) is 3.64. The maximum Gasteiger partial charge on any atom is 0.313 e. The van der Waals surface area contributed by atoms with Crippen LogP contribution in [0.3, 0.4) is 0 Å². The van der Waals surface area contributed by atoms with E-state index >= 15 is 0 Å². The number of carbonyl (C=O) groups is 4. The first-order valence-corrected chi connectivity index (χ1v) is 15.1. The van der Waals surface area contributed by atoms with Crippen LogP contribution in [-0.2, 0) is 33.4 Å². The Bertz CT molecular complexity index is 1250. The first-order chi connectivity index (χ1) is 20.9. The monoisotopic (exact) mass is 595 g/mol. The van der Waals surface area contributed by atoms with E-state index in [4.69, 9.17) is 14.2 Å². The molecule has 0 aliphatic carbocycles. The van der Waals surface area contributed by atoms with Crippen LogP contribution in [0.4, 0.5) is 0 Å². The topological polar surface area (TPSA) is 135 Å². The number of methoxy groups -OCH3 is 1. The first kappa shape index (κ1) is 30.9. The maximum absolute atomic E-state index is 14.3. The van der Waals surface area contributed by atoms with E-state index in [9.17, 15) is 24.3 Å². The normalized spacial score (nSPS) is 33.5. The number of ether oxygens (including phenoxy) is 3. The SMILES string of the molecule is CCCCN1C/C=C\CCC(=O)N[C@H](COC)[C@@H](c2ccccc2)OC(=O)[C@@H]2[C@@H]3C=C[C@]4(O3)[C@H](C1=O)N(CCO)C(=O)[C@@H]24. The number of nitrogens with zero attached hydrogens (tertiary/aromatic N) is 2. The minimum Gasteiger partial charge on any atom is -0.455 e. The van der Waals surface area contributed by atoms with Gasteiger partial charge in [-0.05, 0) is 18.4 Å². The molecule has 11 nitrogen and oxygen atoms in total. The number of rotatable bonds is 8. The summed E-state index contributed by atoms with van der Waals surface area (Å²) >= 11 is 0. The molecule has 4 aliphatic rings. The number of fused-ring (bicyclic) bond motifs is 2. The Morgan fingerprint density at radius 1 is 1.09 bits per heavy atom. The van der Waals surface area contributed by atoms with Crippen molar-refractivity contribution in [3.8, 4) is 0 Å². The van der Waals surface area contributed by atoms with Gasteiger partial charge in [0.05, 0.1) is 31.3 Å². The van der Waals surface area contributed by atoms with Gasteiger partial charge in [-0.1, -0.05) is 68.0 Å². The minimum absolute atomic E-state index is 0.0663. The Balaban J connectivity index is 1.57. The van der Waals surface area contributed by atoms with Crippen molar-refractivity contribution < 1.29 is 38.5 Å². The molecule has 4 aliphatic heterocycles. The third-order valence-electron chi connectivity index (χ3n) is 8.77. The third kappa shape index (κ3) is 5.85. The second kappa shape index (κ2) is 13.4. The van der Waals surface area contributed by atoms with Crippen molar-refractivity contribution in [3.63, 3.8) is 0 Å². The van der Waals surface area contributed by atoms with E-state index in [0.29, 0.717) is 25.1 Å². The number of likely N-dealkylation sites (tertiary alicyclic amines) is 1. The highest BCUT2D eigenvalue weighted by Gasteiger charge is 2.73. The Hall–Kier alpha value is -3.54. The van der Waals surface area contributed by atoms with Gasteiger partial charge >= 0.3 is 5.97 Å². The summed E-state index contributed by atoms with van der Waals surface area (Å²) in [5.74, 6) is -3.63. The predicted octanol–water partition coefficient (Wildman–Crippen LogP) is 1.52. The minimum atomic E-state index is -1.36. The van der Waals surface area contributed by atoms with Crippen LogP contribution in [0.2, 0.25) is 0 Å². The summed E-state index contributed by atoms with van der Waals surface area (Å²) in [6.45, 7) is 2.46. The Morgan fingerprint density at radius 3 is 2.60 bits per heavy atom. The molecule has 5 rings (SSSR count). The van der Waals surface area contributed by atoms with Gasteiger partial charge in [0.2, 0.25) is 17.7 Å². The number of aliphatic hydroxyl groups excluding tert-OH is 1. The molecule has 3 amide bonds. The lowest BCUT2D eigenvalue weighted by molar-refractivity contribution is -0.162. The zero-order valence-corrected chi connectivity index (χ0v) is 24.7. The molecule has 7 atom stereocenters. The number of aliphatic hydroxyl groups is 1. The van der Waals surface area contributed by atoms with Gasteiger partial charge in [-0.15, -0.1) is 0 Å². The van der Waals surface area contributed by atoms with Crippen molar-refractivity contribution in [3.05, 3.63) is 60.2 Å². The highest BCUT2D eigenvalue weighted by Crippen LogP contribution is 2.55. The summed E-state index contributed by atoms with van der Waals surface area (Å²) in [6, 6.07) is 7.34. The number of hydrogen-bond acceptors (Lipinski definition) is 8. The number of allylic oxidation sites excluding steroid dienone is 1. The van der Waals surface area contributed by atoms with Crippen molar-refractivity contribution in [1.29, 1.82) is 0 Å². The van der Waals surface area contributed by atoms with Crippen LogP contribution in [0.15, 0.2) is 54.6 Å². The Labute approximate surface area is 251 Å². The van der Waals surface area contributed by atoms with E-state index in [1.54, 1.807) is 29.2 Å². The fraction of sp³-hybridized carbons (Fsp3) is 0.562. The number of nitrogens with one attached hydrogen (secondary N) is 1. The summed E-state index contributed by atoms with van der Waals surface area (Å²) in [5, 5.41) is 12.9. The fourth-order valence-corrected chi connectivity index (χ4v) is 6.80. The smallest absolute Gasteiger partial charge is 0.313 e. The Kier molecular flexibility index (Phi) is 9.63. The van der Waals surface area contributed by atoms with Crippen molar-refractivity contribution in [2.24, 2.45) is 11.8 Å². The molecule has 1 spiro atoms. The zero-order valence-electron chi connectivity index (χ0n) is 24.7. The van der Waals surface area contributed by atoms with Crippen LogP contribution < -0.4 is 5.32 Å². The summed E-state index contributed by atoms with van der Waals surface area (Å²) in [6.07, 6.45) is 7.80. The van der Waals surface area contributed by atoms with Gasteiger partial charge in [-0.2, -0.15) is 0 Å². The highest BCUT2D eigenvalue weighted by atomic mass is 16.6. The summed E-state index contributed by atoms with van der Waals surface area (Å²) in [4.78, 5) is 58.4. The van der Waals surface area contributed by atoms with Crippen molar-refractivity contribution in [1.82, 2.24) is 15.1 Å². The van der Waals surface area contributed by atoms with Gasteiger partial charge in [0.25, 0.3) is 0 Å². The highest BCUT2D eigenvalue weighted by molar-refractivity contribution is 5.99. The molecule has 11 heteroatoms. The van der Waals surface area contributed by atoms with Gasteiger partial charge in [0.15, 0.2) is 0 Å². The number of amides is 3. The van der Waals surface area contributed by atoms with Crippen LogP contribution in [-0.4, -0.2) is 102 Å². The van der Waals surface area contributed by atoms with Gasteiger partial charge in [-0.25, -0.2) is 0 Å². The van der Waals surface area contributed by atoms with Crippen LogP contribution in [0.1, 0.15) is 44.3 Å². The van der Waals surface area contributed by atoms with Crippen molar-refractivity contribution >= 4 is 23.7 Å². The molecule has 4 heterocycles. The second-order valence-corrected chi connectivity index (χ2v) is 11.5. The quantitative estimate of drug-likeness (QED) is 0.341. The number of hydrogen-bond donors (Lipinski definition) is 2. The second-order valence-electron chi connectivity index (χ2n) is 11.5. The molecule has 2 saturated heterocycles. The molecule has 1 aromatic carbocycles. The number of benzene rings is 1. The zero-order chi connectivity index (χ0) is 30.6. The summed E-state index contributed by atoms with van der Waals surface area (Å²) < 4.78 is 18.0. The lowest BCUT2D eigenvalue weighted by atomic mass is 9.74. The van der Waals surface area contributed by atoms with Gasteiger partial charge < -0.3 is 34.4 Å². The predicted molar refractivity (Wildman–Crippen MR) is 155 cm³/mol. The molecule has 232 valence electrons. The lowest BCUT2D eigenvalue weighted by Gasteiger charge is -2.35. The number of cyclic esters (lactones) is 1. The van der Waals surface area contributed by atoms with Gasteiger partial charge in [-0.3, -0.25) is 19.2 Å². The maximum atomic E-state index is 14.3. The Morgan fingerprint density at radius 2 is 1.88 bits per heavy atom.